The van der Waals surface area contributed by atoms with Crippen LogP contribution in [0.4, 0.5) is 5.82 Å². The minimum Gasteiger partial charge on any atom is -0.307 e. The zero-order valence-corrected chi connectivity index (χ0v) is 13.4. The van der Waals surface area contributed by atoms with Crippen LogP contribution in [0.2, 0.25) is 10.3 Å². The van der Waals surface area contributed by atoms with Crippen LogP contribution in [0.1, 0.15) is 25.6 Å². The molecule has 0 aliphatic rings. The van der Waals surface area contributed by atoms with Crippen LogP contribution in [0.5, 0.6) is 0 Å². The van der Waals surface area contributed by atoms with Crippen molar-refractivity contribution in [2.24, 2.45) is 5.84 Å². The van der Waals surface area contributed by atoms with Crippen LogP contribution in [0.15, 0.2) is 24.8 Å². The van der Waals surface area contributed by atoms with E-state index in [2.05, 4.69) is 44.4 Å². The number of rotatable bonds is 2. The lowest BCUT2D eigenvalue weighted by Gasteiger charge is -2.01. The largest absolute Gasteiger partial charge is 0.307 e. The van der Waals surface area contributed by atoms with Gasteiger partial charge < -0.3 is 5.43 Å². The van der Waals surface area contributed by atoms with Crippen LogP contribution in [0.25, 0.3) is 5.65 Å². The smallest absolute Gasteiger partial charge is 0.179 e. The van der Waals surface area contributed by atoms with Gasteiger partial charge >= 0.3 is 0 Å². The van der Waals surface area contributed by atoms with Crippen LogP contribution >= 0.6 is 23.2 Å². The van der Waals surface area contributed by atoms with Gasteiger partial charge in [0.1, 0.15) is 16.1 Å². The van der Waals surface area contributed by atoms with E-state index >= 15 is 0 Å². The summed E-state index contributed by atoms with van der Waals surface area (Å²) in [6.07, 6.45) is 6.20. The molecule has 3 rings (SSSR count). The Balaban J connectivity index is 0.000000172. The number of hydrogen-bond acceptors (Lipinski definition) is 7. The van der Waals surface area contributed by atoms with Gasteiger partial charge in [0.2, 0.25) is 0 Å². The van der Waals surface area contributed by atoms with Gasteiger partial charge in [0, 0.05) is 12.1 Å². The quantitative estimate of drug-likeness (QED) is 0.544. The number of nitrogens with one attached hydrogen (secondary N) is 1. The predicted molar refractivity (Wildman–Crippen MR) is 84.7 cm³/mol. The molecule has 0 amide bonds. The van der Waals surface area contributed by atoms with Crippen molar-refractivity contribution in [2.45, 2.75) is 19.8 Å². The van der Waals surface area contributed by atoms with Crippen LogP contribution in [-0.2, 0) is 0 Å². The number of hydrogen-bond donors (Lipinski definition) is 2. The minimum absolute atomic E-state index is 0.327. The van der Waals surface area contributed by atoms with Gasteiger partial charge in [-0.05, 0) is 0 Å². The van der Waals surface area contributed by atoms with Crippen molar-refractivity contribution in [1.29, 1.82) is 0 Å². The minimum atomic E-state index is 0.327. The predicted octanol–water partition coefficient (Wildman–Crippen LogP) is 2.32. The zero-order valence-electron chi connectivity index (χ0n) is 11.9. The van der Waals surface area contributed by atoms with Crippen molar-refractivity contribution in [2.75, 3.05) is 5.43 Å². The average Bonchev–Trinajstić information content (AvgIpc) is 2.92. The van der Waals surface area contributed by atoms with Gasteiger partial charge in [0.15, 0.2) is 11.5 Å². The molecule has 0 saturated heterocycles. The van der Waals surface area contributed by atoms with E-state index in [4.69, 9.17) is 29.0 Å². The zero-order chi connectivity index (χ0) is 16.1. The van der Waals surface area contributed by atoms with Crippen molar-refractivity contribution in [3.8, 4) is 0 Å². The Morgan fingerprint density at radius 2 is 1.77 bits per heavy atom. The van der Waals surface area contributed by atoms with Crippen LogP contribution in [0.3, 0.4) is 0 Å². The molecule has 22 heavy (non-hydrogen) atoms. The molecule has 0 radical (unpaired) electrons. The molecule has 10 heteroatoms. The highest BCUT2D eigenvalue weighted by Gasteiger charge is 2.09. The molecule has 8 nitrogen and oxygen atoms in total. The third-order valence-electron chi connectivity index (χ3n) is 2.57. The molecule has 0 saturated carbocycles. The topological polar surface area (TPSA) is 107 Å². The van der Waals surface area contributed by atoms with Crippen molar-refractivity contribution < 1.29 is 0 Å². The van der Waals surface area contributed by atoms with Crippen molar-refractivity contribution in [3.05, 3.63) is 40.9 Å². The molecular weight excluding hydrogens is 327 g/mol. The second-order valence-electron chi connectivity index (χ2n) is 4.52. The molecular formula is C12H14Cl2N8. The summed E-state index contributed by atoms with van der Waals surface area (Å²) < 4.78 is 1.86. The lowest BCUT2D eigenvalue weighted by atomic mass is 10.2. The average molecular weight is 341 g/mol. The molecule has 0 fully saturated rings. The first-order valence-electron chi connectivity index (χ1n) is 6.31. The van der Waals surface area contributed by atoms with Gasteiger partial charge in [0.25, 0.3) is 0 Å². The van der Waals surface area contributed by atoms with E-state index in [1.54, 1.807) is 12.4 Å². The summed E-state index contributed by atoms with van der Waals surface area (Å²) in [6.45, 7) is 4.12. The van der Waals surface area contributed by atoms with Crippen molar-refractivity contribution >= 4 is 34.7 Å². The fourth-order valence-electron chi connectivity index (χ4n) is 1.58. The first-order chi connectivity index (χ1) is 10.5. The monoisotopic (exact) mass is 340 g/mol. The summed E-state index contributed by atoms with van der Waals surface area (Å²) in [7, 11) is 0. The number of nitrogens with two attached hydrogens (primary N) is 1. The number of anilines is 1. The summed E-state index contributed by atoms with van der Waals surface area (Å²) >= 11 is 11.2. The Hall–Kier alpha value is -2.03. The molecule has 116 valence electrons. The van der Waals surface area contributed by atoms with E-state index in [1.807, 2.05) is 4.40 Å². The summed E-state index contributed by atoms with van der Waals surface area (Å²) in [5.74, 6) is 6.73. The highest BCUT2D eigenvalue weighted by molar-refractivity contribution is 6.29. The number of nitrogens with zero attached hydrogens (tertiary/aromatic N) is 6. The van der Waals surface area contributed by atoms with Crippen LogP contribution in [-0.4, -0.2) is 29.5 Å². The van der Waals surface area contributed by atoms with E-state index in [0.717, 1.165) is 11.5 Å². The van der Waals surface area contributed by atoms with Gasteiger partial charge in [-0.2, -0.15) is 0 Å². The van der Waals surface area contributed by atoms with Crippen molar-refractivity contribution in [3.63, 3.8) is 0 Å². The number of fused-ring (bicyclic) bond motifs is 1. The summed E-state index contributed by atoms with van der Waals surface area (Å²) in [5.41, 5.74) is 3.05. The lowest BCUT2D eigenvalue weighted by molar-refractivity contribution is 0.758. The maximum Gasteiger partial charge on any atom is 0.179 e. The fourth-order valence-corrected chi connectivity index (χ4v) is 1.82. The number of nitrogen functional groups attached to an aromatic ring is 1. The third-order valence-corrected chi connectivity index (χ3v) is 2.96. The third kappa shape index (κ3) is 4.00. The second kappa shape index (κ2) is 7.30. The van der Waals surface area contributed by atoms with E-state index in [9.17, 15) is 0 Å². The molecule has 0 bridgehead atoms. The Labute approximate surface area is 136 Å². The Morgan fingerprint density at radius 3 is 2.36 bits per heavy atom. The maximum absolute atomic E-state index is 5.76. The molecule has 0 aliphatic heterocycles. The van der Waals surface area contributed by atoms with Gasteiger partial charge in [-0.15, -0.1) is 10.2 Å². The van der Waals surface area contributed by atoms with E-state index in [1.165, 1.54) is 12.4 Å². The summed E-state index contributed by atoms with van der Waals surface area (Å²) in [5, 5.41) is 8.83. The first-order valence-corrected chi connectivity index (χ1v) is 7.07. The van der Waals surface area contributed by atoms with E-state index in [0.29, 0.717) is 22.0 Å². The van der Waals surface area contributed by atoms with Crippen LogP contribution < -0.4 is 11.3 Å². The highest BCUT2D eigenvalue weighted by Crippen LogP contribution is 2.14. The van der Waals surface area contributed by atoms with Gasteiger partial charge in [-0.3, -0.25) is 4.40 Å². The normalized spacial score (nSPS) is 10.5. The summed E-state index contributed by atoms with van der Waals surface area (Å²) in [4.78, 5) is 11.4. The van der Waals surface area contributed by atoms with Crippen LogP contribution in [0, 0.1) is 0 Å². The molecule has 0 atom stereocenters. The second-order valence-corrected chi connectivity index (χ2v) is 5.29. The number of hydrazine groups is 1. The van der Waals surface area contributed by atoms with E-state index in [-0.39, 0.29) is 0 Å². The van der Waals surface area contributed by atoms with E-state index < -0.39 is 0 Å². The standard InChI is InChI=1S/C8H9ClN4.C4H5ClN4/c1-5(2)8-12-11-7-3-10-6(9)4-13(7)8;5-3-1-8-4(9-6)2-7-3/h3-5H,1-2H3;1-2H,6H2,(H,8,9). The first kappa shape index (κ1) is 16.3. The molecule has 3 N–H and O–H groups in total. The van der Waals surface area contributed by atoms with Gasteiger partial charge in [-0.25, -0.2) is 20.8 Å². The number of halogens is 2. The van der Waals surface area contributed by atoms with Gasteiger partial charge in [-0.1, -0.05) is 37.0 Å². The highest BCUT2D eigenvalue weighted by atomic mass is 35.5. The molecule has 0 aliphatic carbocycles. The van der Waals surface area contributed by atoms with Gasteiger partial charge in [0.05, 0.1) is 18.6 Å². The SMILES string of the molecule is CC(C)c1nnc2cnc(Cl)cn12.NNc1cnc(Cl)cn1. The molecule has 3 heterocycles. The number of aromatic nitrogens is 6. The Bertz CT molecular complexity index is 740. The molecule has 3 aromatic rings. The molecule has 3 aromatic heterocycles. The molecule has 0 spiro atoms. The van der Waals surface area contributed by atoms with Crippen molar-refractivity contribution in [1.82, 2.24) is 29.5 Å². The lowest BCUT2D eigenvalue weighted by Crippen LogP contribution is -2.08. The fraction of sp³-hybridized carbons (Fsp3) is 0.250. The summed E-state index contributed by atoms with van der Waals surface area (Å²) in [6, 6.07) is 0. The molecule has 0 aromatic carbocycles. The Kier molecular flexibility index (Phi) is 5.42. The maximum atomic E-state index is 5.76. The Morgan fingerprint density at radius 1 is 1.05 bits per heavy atom. The molecule has 0 unspecified atom stereocenters.